The molecular weight excluding hydrogens is 434 g/mol. The molecule has 0 atom stereocenters. The van der Waals surface area contributed by atoms with E-state index >= 15 is 0 Å². The highest BCUT2D eigenvalue weighted by atomic mass is 32.2. The van der Waals surface area contributed by atoms with Crippen LogP contribution < -0.4 is 4.18 Å². The number of carbonyl (C=O) groups excluding carboxylic acids is 1. The molecule has 0 fully saturated rings. The molecule has 0 amide bonds. The van der Waals surface area contributed by atoms with Crippen LogP contribution >= 0.6 is 0 Å². The van der Waals surface area contributed by atoms with E-state index in [1.54, 1.807) is 20.8 Å². The van der Waals surface area contributed by atoms with Crippen molar-refractivity contribution in [1.82, 2.24) is 9.78 Å². The lowest BCUT2D eigenvalue weighted by Gasteiger charge is -2.14. The fraction of sp³-hybridized carbons (Fsp3) is 0.455. The van der Waals surface area contributed by atoms with Crippen LogP contribution in [0, 0.1) is 17.0 Å². The molecule has 10 heteroatoms. The predicted octanol–water partition coefficient (Wildman–Crippen LogP) is 4.67. The van der Waals surface area contributed by atoms with Crippen LogP contribution in [0.3, 0.4) is 0 Å². The first-order valence-electron chi connectivity index (χ1n) is 10.4. The maximum atomic E-state index is 13.4. The van der Waals surface area contributed by atoms with E-state index < -0.39 is 20.8 Å². The van der Waals surface area contributed by atoms with Crippen molar-refractivity contribution in [1.29, 1.82) is 0 Å². The Hall–Kier alpha value is -3.01. The van der Waals surface area contributed by atoms with Gasteiger partial charge in [0, 0.05) is 18.2 Å². The highest BCUT2D eigenvalue weighted by Gasteiger charge is 2.28. The zero-order valence-corrected chi connectivity index (χ0v) is 20.1. The van der Waals surface area contributed by atoms with Crippen molar-refractivity contribution >= 4 is 27.2 Å². The van der Waals surface area contributed by atoms with Gasteiger partial charge >= 0.3 is 10.1 Å². The normalized spacial score (nSPS) is 11.3. The Balaban J connectivity index is 2.64. The van der Waals surface area contributed by atoms with Crippen LogP contribution in [0.4, 0.5) is 5.69 Å². The fourth-order valence-corrected chi connectivity index (χ4v) is 4.43. The Bertz CT molecular complexity index is 1170. The number of ketones is 1. The summed E-state index contributed by atoms with van der Waals surface area (Å²) in [6, 6.07) is 2.68. The molecule has 0 saturated carbocycles. The molecule has 9 nitrogen and oxygen atoms in total. The summed E-state index contributed by atoms with van der Waals surface area (Å²) in [7, 11) is -3.91. The van der Waals surface area contributed by atoms with Gasteiger partial charge in [-0.1, -0.05) is 18.9 Å². The highest BCUT2D eigenvalue weighted by Crippen LogP contribution is 2.35. The summed E-state index contributed by atoms with van der Waals surface area (Å²) in [6.07, 6.45) is 2.37. The van der Waals surface area contributed by atoms with Crippen molar-refractivity contribution in [2.24, 2.45) is 0 Å². The van der Waals surface area contributed by atoms with Crippen molar-refractivity contribution in [3.05, 3.63) is 56.3 Å². The third kappa shape index (κ3) is 5.24. The molecule has 0 aliphatic carbocycles. The minimum absolute atomic E-state index is 0.00956. The second-order valence-electron chi connectivity index (χ2n) is 7.72. The number of carbonyl (C=O) groups is 1. The molecule has 0 aliphatic rings. The maximum absolute atomic E-state index is 13.4. The van der Waals surface area contributed by atoms with Crippen LogP contribution in [0.1, 0.15) is 74.5 Å². The third-order valence-electron chi connectivity index (χ3n) is 5.30. The van der Waals surface area contributed by atoms with E-state index in [4.69, 9.17) is 4.18 Å². The fourth-order valence-electron chi connectivity index (χ4n) is 3.29. The zero-order valence-electron chi connectivity index (χ0n) is 19.3. The van der Waals surface area contributed by atoms with Gasteiger partial charge in [0.2, 0.25) is 5.88 Å². The molecule has 0 bridgehead atoms. The molecule has 32 heavy (non-hydrogen) atoms. The lowest BCUT2D eigenvalue weighted by Crippen LogP contribution is -2.18. The Morgan fingerprint density at radius 1 is 1.19 bits per heavy atom. The van der Waals surface area contributed by atoms with Crippen LogP contribution in [-0.2, 0) is 16.7 Å². The lowest BCUT2D eigenvalue weighted by molar-refractivity contribution is -0.385. The van der Waals surface area contributed by atoms with Gasteiger partial charge in [-0.3, -0.25) is 14.9 Å². The molecule has 0 radical (unpaired) electrons. The van der Waals surface area contributed by atoms with E-state index in [1.165, 1.54) is 23.0 Å². The number of hydrogen-bond donors (Lipinski definition) is 0. The van der Waals surface area contributed by atoms with E-state index in [-0.39, 0.29) is 28.4 Å². The summed E-state index contributed by atoms with van der Waals surface area (Å²) in [5.41, 5.74) is 2.51. The second-order valence-corrected chi connectivity index (χ2v) is 9.41. The van der Waals surface area contributed by atoms with Gasteiger partial charge < -0.3 is 4.18 Å². The summed E-state index contributed by atoms with van der Waals surface area (Å²) < 4.78 is 31.4. The van der Waals surface area contributed by atoms with Gasteiger partial charge in [0.25, 0.3) is 5.69 Å². The summed E-state index contributed by atoms with van der Waals surface area (Å²) in [5.74, 6) is -0.834. The number of aromatic nitrogens is 2. The van der Waals surface area contributed by atoms with Gasteiger partial charge in [-0.05, 0) is 58.2 Å². The number of nitrogens with zero attached hydrogens (tertiary/aromatic N) is 3. The number of benzene rings is 1. The smallest absolute Gasteiger partial charge is 0.310 e. The van der Waals surface area contributed by atoms with Crippen LogP contribution in [0.15, 0.2) is 23.9 Å². The quantitative estimate of drug-likeness (QED) is 0.217. The van der Waals surface area contributed by atoms with Crippen LogP contribution in [0.2, 0.25) is 0 Å². The maximum Gasteiger partial charge on any atom is 0.310 e. The van der Waals surface area contributed by atoms with E-state index in [2.05, 4.69) is 5.10 Å². The number of hydrogen-bond acceptors (Lipinski definition) is 7. The van der Waals surface area contributed by atoms with Crippen molar-refractivity contribution < 1.29 is 22.3 Å². The Kier molecular flexibility index (Phi) is 7.95. The van der Waals surface area contributed by atoms with Gasteiger partial charge in [0.1, 0.15) is 5.56 Å². The zero-order chi connectivity index (χ0) is 24.2. The summed E-state index contributed by atoms with van der Waals surface area (Å²) in [5, 5.41) is 15.7. The summed E-state index contributed by atoms with van der Waals surface area (Å²) >= 11 is 0. The number of rotatable bonds is 10. The van der Waals surface area contributed by atoms with E-state index in [9.17, 15) is 23.3 Å². The molecule has 1 heterocycles. The summed E-state index contributed by atoms with van der Waals surface area (Å²) in [6.45, 7) is 11.0. The molecular formula is C22H29N3O6S. The number of nitro benzene ring substituents is 1. The van der Waals surface area contributed by atoms with Gasteiger partial charge in [-0.2, -0.15) is 13.5 Å². The highest BCUT2D eigenvalue weighted by molar-refractivity contribution is 7.87. The second kappa shape index (κ2) is 10.1. The SMILES string of the molecule is CCCCS(=O)(=O)Oc1c(C(=O)c2ccc([N+](=O)[O-])c(C(C)=C(C)C)c2C)cnn1CC. The van der Waals surface area contributed by atoms with Gasteiger partial charge in [-0.15, -0.1) is 0 Å². The van der Waals surface area contributed by atoms with Crippen LogP contribution in [-0.4, -0.2) is 34.7 Å². The van der Waals surface area contributed by atoms with Crippen molar-refractivity contribution in [3.8, 4) is 5.88 Å². The van der Waals surface area contributed by atoms with Crippen LogP contribution in [0.25, 0.3) is 5.57 Å². The molecule has 2 aromatic rings. The molecule has 0 spiro atoms. The molecule has 1 aromatic carbocycles. The minimum atomic E-state index is -3.91. The van der Waals surface area contributed by atoms with Crippen LogP contribution in [0.5, 0.6) is 5.88 Å². The van der Waals surface area contributed by atoms with E-state index in [1.807, 2.05) is 20.8 Å². The Labute approximate surface area is 188 Å². The molecule has 174 valence electrons. The Morgan fingerprint density at radius 2 is 1.84 bits per heavy atom. The first-order valence-corrected chi connectivity index (χ1v) is 12.0. The largest absolute Gasteiger partial charge is 0.361 e. The third-order valence-corrected chi connectivity index (χ3v) is 6.50. The number of unbranched alkanes of at least 4 members (excludes halogenated alkanes) is 1. The topological polar surface area (TPSA) is 121 Å². The average molecular weight is 464 g/mol. The number of allylic oxidation sites excluding steroid dienone is 2. The standard InChI is InChI=1S/C22H29N3O6S/c1-7-9-12-32(29,30)31-22-18(13-23-24(22)8-2)21(26)17-10-11-19(25(27)28)20(16(17)6)15(5)14(3)4/h10-11,13H,7-9,12H2,1-6H3. The van der Waals surface area contributed by atoms with Gasteiger partial charge in [0.15, 0.2) is 5.78 Å². The van der Waals surface area contributed by atoms with Gasteiger partial charge in [0.05, 0.1) is 22.4 Å². The van der Waals surface area contributed by atoms with Crippen molar-refractivity contribution in [2.75, 3.05) is 5.75 Å². The van der Waals surface area contributed by atoms with E-state index in [0.29, 0.717) is 36.1 Å². The average Bonchev–Trinajstić information content (AvgIpc) is 3.12. The molecule has 0 N–H and O–H groups in total. The predicted molar refractivity (Wildman–Crippen MR) is 122 cm³/mol. The Morgan fingerprint density at radius 3 is 2.38 bits per heavy atom. The number of aryl methyl sites for hydroxylation is 1. The van der Waals surface area contributed by atoms with Gasteiger partial charge in [-0.25, -0.2) is 4.68 Å². The molecule has 2 rings (SSSR count). The van der Waals surface area contributed by atoms with E-state index in [0.717, 1.165) is 5.57 Å². The first-order chi connectivity index (χ1) is 14.9. The molecule has 0 aliphatic heterocycles. The van der Waals surface area contributed by atoms with Crippen molar-refractivity contribution in [2.45, 2.75) is 60.9 Å². The minimum Gasteiger partial charge on any atom is -0.361 e. The molecule has 0 saturated heterocycles. The lowest BCUT2D eigenvalue weighted by atomic mass is 9.90. The molecule has 1 aromatic heterocycles. The molecule has 0 unspecified atom stereocenters. The number of nitro groups is 1. The summed E-state index contributed by atoms with van der Waals surface area (Å²) in [4.78, 5) is 24.5. The monoisotopic (exact) mass is 463 g/mol. The first kappa shape index (κ1) is 25.3. The van der Waals surface area contributed by atoms with Crippen molar-refractivity contribution in [3.63, 3.8) is 0 Å².